The van der Waals surface area contributed by atoms with Crippen molar-refractivity contribution in [2.24, 2.45) is 0 Å². The lowest BCUT2D eigenvalue weighted by atomic mass is 9.85. The van der Waals surface area contributed by atoms with Gasteiger partial charge in [-0.1, -0.05) is 41.9 Å². The Hall–Kier alpha value is -2.57. The van der Waals surface area contributed by atoms with Gasteiger partial charge in [0.05, 0.1) is 17.3 Å². The van der Waals surface area contributed by atoms with Crippen LogP contribution in [-0.4, -0.2) is 55.1 Å². The van der Waals surface area contributed by atoms with Crippen molar-refractivity contribution in [3.8, 4) is 0 Å². The summed E-state index contributed by atoms with van der Waals surface area (Å²) in [5.74, 6) is -0.0393. The molecule has 2 aliphatic rings. The van der Waals surface area contributed by atoms with E-state index < -0.39 is 5.54 Å². The number of hydrogen-bond donors (Lipinski definition) is 2. The van der Waals surface area contributed by atoms with Crippen molar-refractivity contribution >= 4 is 29.1 Å². The van der Waals surface area contributed by atoms with Crippen LogP contribution in [0.2, 0.25) is 5.02 Å². The Labute approximate surface area is 175 Å². The molecule has 6 nitrogen and oxygen atoms in total. The van der Waals surface area contributed by atoms with E-state index in [4.69, 9.17) is 11.6 Å². The molecular formula is C22H25ClN4O2. The fourth-order valence-electron chi connectivity index (χ4n) is 4.25. The molecule has 0 atom stereocenters. The highest BCUT2D eigenvalue weighted by atomic mass is 35.5. The third-order valence-electron chi connectivity index (χ3n) is 5.92. The van der Waals surface area contributed by atoms with Crippen LogP contribution in [0.15, 0.2) is 54.6 Å². The molecule has 4 rings (SSSR count). The lowest BCUT2D eigenvalue weighted by Crippen LogP contribution is -2.57. The number of para-hydroxylation sites is 1. The number of nitrogens with one attached hydrogen (secondary N) is 2. The van der Waals surface area contributed by atoms with Crippen LogP contribution in [0, 0.1) is 0 Å². The van der Waals surface area contributed by atoms with Crippen LogP contribution in [0.5, 0.6) is 0 Å². The van der Waals surface area contributed by atoms with E-state index in [1.807, 2.05) is 18.2 Å². The Morgan fingerprint density at radius 2 is 1.76 bits per heavy atom. The number of carbonyl (C=O) groups excluding carboxylic acids is 2. The van der Waals surface area contributed by atoms with Crippen molar-refractivity contribution in [1.82, 2.24) is 15.5 Å². The van der Waals surface area contributed by atoms with Crippen molar-refractivity contribution in [2.45, 2.75) is 18.4 Å². The maximum absolute atomic E-state index is 12.7. The van der Waals surface area contributed by atoms with Gasteiger partial charge in [-0.3, -0.25) is 9.59 Å². The predicted octanol–water partition coefficient (Wildman–Crippen LogP) is 2.50. The number of amides is 2. The van der Waals surface area contributed by atoms with Gasteiger partial charge in [0.15, 0.2) is 0 Å². The maximum Gasteiger partial charge on any atom is 0.252 e. The summed E-state index contributed by atoms with van der Waals surface area (Å²) in [6, 6.07) is 17.1. The van der Waals surface area contributed by atoms with Crippen LogP contribution < -0.4 is 15.5 Å². The Morgan fingerprint density at radius 1 is 1.07 bits per heavy atom. The van der Waals surface area contributed by atoms with Gasteiger partial charge in [0.1, 0.15) is 5.54 Å². The SMILES string of the molecule is O=C(NCCN1CCC2(CC1)C(=O)NCN2c1ccccc1)c1ccccc1Cl. The smallest absolute Gasteiger partial charge is 0.252 e. The molecule has 7 heteroatoms. The zero-order chi connectivity index (χ0) is 20.3. The van der Waals surface area contributed by atoms with E-state index in [0.717, 1.165) is 38.2 Å². The predicted molar refractivity (Wildman–Crippen MR) is 114 cm³/mol. The first kappa shape index (κ1) is 19.7. The van der Waals surface area contributed by atoms with Crippen molar-refractivity contribution in [3.05, 3.63) is 65.2 Å². The summed E-state index contributed by atoms with van der Waals surface area (Å²) in [6.07, 6.45) is 1.54. The van der Waals surface area contributed by atoms with Crippen molar-refractivity contribution in [2.75, 3.05) is 37.7 Å². The molecule has 2 aliphatic heterocycles. The molecule has 0 unspecified atom stereocenters. The second-order valence-corrected chi connectivity index (χ2v) is 7.94. The molecule has 2 heterocycles. The molecule has 2 amide bonds. The van der Waals surface area contributed by atoms with Gasteiger partial charge in [-0.15, -0.1) is 0 Å². The van der Waals surface area contributed by atoms with Crippen LogP contribution >= 0.6 is 11.6 Å². The Balaban J connectivity index is 1.31. The van der Waals surface area contributed by atoms with Crippen LogP contribution in [-0.2, 0) is 4.79 Å². The van der Waals surface area contributed by atoms with Crippen molar-refractivity contribution in [3.63, 3.8) is 0 Å². The number of hydrogen-bond acceptors (Lipinski definition) is 4. The molecule has 2 saturated heterocycles. The first-order chi connectivity index (χ1) is 14.1. The molecule has 2 N–H and O–H groups in total. The van der Waals surface area contributed by atoms with Gasteiger partial charge in [0, 0.05) is 31.9 Å². The van der Waals surface area contributed by atoms with E-state index in [2.05, 4.69) is 32.6 Å². The average molecular weight is 413 g/mol. The van der Waals surface area contributed by atoms with E-state index in [0.29, 0.717) is 23.8 Å². The highest BCUT2D eigenvalue weighted by molar-refractivity contribution is 6.33. The topological polar surface area (TPSA) is 64.7 Å². The fraction of sp³-hybridized carbons (Fsp3) is 0.364. The molecule has 2 fully saturated rings. The lowest BCUT2D eigenvalue weighted by molar-refractivity contribution is -0.125. The van der Waals surface area contributed by atoms with Gasteiger partial charge in [0.2, 0.25) is 5.91 Å². The Kier molecular flexibility index (Phi) is 5.74. The molecule has 152 valence electrons. The van der Waals surface area contributed by atoms with Gasteiger partial charge in [-0.05, 0) is 37.1 Å². The van der Waals surface area contributed by atoms with E-state index in [-0.39, 0.29) is 11.8 Å². The molecule has 0 bridgehead atoms. The zero-order valence-corrected chi connectivity index (χ0v) is 17.0. The molecule has 1 spiro atoms. The average Bonchev–Trinajstić information content (AvgIpc) is 3.06. The molecule has 0 saturated carbocycles. The summed E-state index contributed by atoms with van der Waals surface area (Å²) >= 11 is 6.08. The number of anilines is 1. The van der Waals surface area contributed by atoms with E-state index in [9.17, 15) is 9.59 Å². The number of halogens is 1. The minimum absolute atomic E-state index is 0.119. The number of likely N-dealkylation sites (tertiary alicyclic amines) is 1. The monoisotopic (exact) mass is 412 g/mol. The first-order valence-corrected chi connectivity index (χ1v) is 10.3. The molecule has 0 aromatic heterocycles. The molecule has 0 radical (unpaired) electrons. The summed E-state index contributed by atoms with van der Waals surface area (Å²) in [5, 5.41) is 6.42. The molecule has 2 aromatic rings. The van der Waals surface area contributed by atoms with Gasteiger partial charge in [-0.25, -0.2) is 0 Å². The zero-order valence-electron chi connectivity index (χ0n) is 16.2. The second kappa shape index (κ2) is 8.43. The van der Waals surface area contributed by atoms with Crippen LogP contribution in [0.3, 0.4) is 0 Å². The maximum atomic E-state index is 12.7. The minimum Gasteiger partial charge on any atom is -0.351 e. The number of piperidine rings is 1. The van der Waals surface area contributed by atoms with Crippen LogP contribution in [0.1, 0.15) is 23.2 Å². The highest BCUT2D eigenvalue weighted by Crippen LogP contribution is 2.35. The van der Waals surface area contributed by atoms with Gasteiger partial charge in [0.25, 0.3) is 5.91 Å². The number of benzene rings is 2. The van der Waals surface area contributed by atoms with E-state index in [1.54, 1.807) is 24.3 Å². The van der Waals surface area contributed by atoms with E-state index >= 15 is 0 Å². The summed E-state index contributed by atoms with van der Waals surface area (Å²) in [7, 11) is 0. The quantitative estimate of drug-likeness (QED) is 0.792. The van der Waals surface area contributed by atoms with Crippen LogP contribution in [0.4, 0.5) is 5.69 Å². The molecule has 2 aromatic carbocycles. The van der Waals surface area contributed by atoms with Crippen molar-refractivity contribution < 1.29 is 9.59 Å². The van der Waals surface area contributed by atoms with E-state index in [1.165, 1.54) is 0 Å². The Morgan fingerprint density at radius 3 is 2.48 bits per heavy atom. The molecule has 0 aliphatic carbocycles. The first-order valence-electron chi connectivity index (χ1n) is 9.96. The Bertz CT molecular complexity index is 881. The highest BCUT2D eigenvalue weighted by Gasteiger charge is 2.50. The fourth-order valence-corrected chi connectivity index (χ4v) is 4.47. The van der Waals surface area contributed by atoms with Gasteiger partial charge in [-0.2, -0.15) is 0 Å². The van der Waals surface area contributed by atoms with Gasteiger partial charge >= 0.3 is 0 Å². The summed E-state index contributed by atoms with van der Waals surface area (Å²) in [4.78, 5) is 29.5. The largest absolute Gasteiger partial charge is 0.351 e. The molecular weight excluding hydrogens is 388 g/mol. The van der Waals surface area contributed by atoms with Gasteiger partial charge < -0.3 is 20.4 Å². The molecule has 29 heavy (non-hydrogen) atoms. The van der Waals surface area contributed by atoms with Crippen molar-refractivity contribution in [1.29, 1.82) is 0 Å². The minimum atomic E-state index is -0.474. The number of nitrogens with zero attached hydrogens (tertiary/aromatic N) is 2. The third kappa shape index (κ3) is 3.95. The number of carbonyl (C=O) groups is 2. The normalized spacial score (nSPS) is 18.7. The second-order valence-electron chi connectivity index (χ2n) is 7.54. The summed E-state index contributed by atoms with van der Waals surface area (Å²) < 4.78 is 0. The summed E-state index contributed by atoms with van der Waals surface area (Å²) in [5.41, 5.74) is 1.10. The lowest BCUT2D eigenvalue weighted by Gasteiger charge is -2.43. The third-order valence-corrected chi connectivity index (χ3v) is 6.25. The van der Waals surface area contributed by atoms with Crippen LogP contribution in [0.25, 0.3) is 0 Å². The number of rotatable bonds is 5. The standard InChI is InChI=1S/C22H25ClN4O2/c23-19-9-5-4-8-18(19)20(28)24-12-15-26-13-10-22(11-14-26)21(29)25-16-27(22)17-6-2-1-3-7-17/h1-9H,10-16H2,(H,24,28)(H,25,29). The summed E-state index contributed by atoms with van der Waals surface area (Å²) in [6.45, 7) is 3.49.